The topological polar surface area (TPSA) is 78.7 Å². The average Bonchev–Trinajstić information content (AvgIpc) is 2.74. The number of non-ortho nitro benzene ring substituents is 1. The molecule has 0 saturated carbocycles. The Kier molecular flexibility index (Phi) is 5.76. The van der Waals surface area contributed by atoms with Gasteiger partial charge in [0.2, 0.25) is 5.91 Å². The molecule has 7 nitrogen and oxygen atoms in total. The monoisotopic (exact) mass is 394 g/mol. The molecule has 4 rings (SSSR count). The first kappa shape index (κ1) is 19.4. The Morgan fingerprint density at radius 1 is 1.07 bits per heavy atom. The zero-order valence-corrected chi connectivity index (χ0v) is 16.4. The lowest BCUT2D eigenvalue weighted by Crippen LogP contribution is -2.50. The van der Waals surface area contributed by atoms with Crippen LogP contribution in [-0.4, -0.2) is 48.5 Å². The van der Waals surface area contributed by atoms with Crippen molar-refractivity contribution in [1.29, 1.82) is 0 Å². The molecule has 0 bridgehead atoms. The highest BCUT2D eigenvalue weighted by atomic mass is 16.6. The van der Waals surface area contributed by atoms with Gasteiger partial charge in [-0.15, -0.1) is 0 Å². The third kappa shape index (κ3) is 4.56. The second-order valence-electron chi connectivity index (χ2n) is 7.75. The summed E-state index contributed by atoms with van der Waals surface area (Å²) in [4.78, 5) is 27.4. The van der Waals surface area contributed by atoms with Crippen LogP contribution in [0.3, 0.4) is 0 Å². The maximum atomic E-state index is 12.6. The predicted octanol–water partition coefficient (Wildman–Crippen LogP) is 2.91. The number of nitrogens with zero attached hydrogens (tertiary/aromatic N) is 3. The SMILES string of the molecule is O=C(CN1CCN(c2ccc([N+](=O)[O-])cc2)CC1)N[C@@H]1CCCc2ccccc21. The van der Waals surface area contributed by atoms with Crippen LogP contribution in [-0.2, 0) is 11.2 Å². The van der Waals surface area contributed by atoms with E-state index in [-0.39, 0.29) is 22.6 Å². The zero-order valence-electron chi connectivity index (χ0n) is 16.4. The largest absolute Gasteiger partial charge is 0.369 e. The van der Waals surface area contributed by atoms with E-state index in [4.69, 9.17) is 0 Å². The quantitative estimate of drug-likeness (QED) is 0.623. The summed E-state index contributed by atoms with van der Waals surface area (Å²) < 4.78 is 0. The zero-order chi connectivity index (χ0) is 20.2. The van der Waals surface area contributed by atoms with Gasteiger partial charge in [0.1, 0.15) is 0 Å². The van der Waals surface area contributed by atoms with Crippen molar-refractivity contribution in [2.75, 3.05) is 37.6 Å². The number of nitro benzene ring substituents is 1. The third-order valence-electron chi connectivity index (χ3n) is 5.87. The van der Waals surface area contributed by atoms with Gasteiger partial charge in [-0.25, -0.2) is 0 Å². The summed E-state index contributed by atoms with van der Waals surface area (Å²) in [6, 6.07) is 15.2. The molecule has 1 fully saturated rings. The van der Waals surface area contributed by atoms with Gasteiger partial charge in [-0.05, 0) is 42.5 Å². The van der Waals surface area contributed by atoms with Gasteiger partial charge in [0.05, 0.1) is 17.5 Å². The summed E-state index contributed by atoms with van der Waals surface area (Å²) in [5.74, 6) is 0.0792. The van der Waals surface area contributed by atoms with Crippen LogP contribution in [0.15, 0.2) is 48.5 Å². The Labute approximate surface area is 170 Å². The van der Waals surface area contributed by atoms with Crippen LogP contribution in [0, 0.1) is 10.1 Å². The number of anilines is 1. The molecule has 1 saturated heterocycles. The molecule has 7 heteroatoms. The molecule has 0 radical (unpaired) electrons. The standard InChI is InChI=1S/C22H26N4O3/c27-22(23-21-7-3-5-17-4-1-2-6-20(17)21)16-24-12-14-25(15-13-24)18-8-10-19(11-9-18)26(28)29/h1-2,4,6,8-11,21H,3,5,7,12-16H2,(H,23,27)/t21-/m1/s1. The number of amides is 1. The molecule has 1 amide bonds. The summed E-state index contributed by atoms with van der Waals surface area (Å²) in [5.41, 5.74) is 3.70. The first-order valence-electron chi connectivity index (χ1n) is 10.2. The van der Waals surface area contributed by atoms with Gasteiger partial charge < -0.3 is 10.2 Å². The fourth-order valence-corrected chi connectivity index (χ4v) is 4.30. The van der Waals surface area contributed by atoms with E-state index >= 15 is 0 Å². The summed E-state index contributed by atoms with van der Waals surface area (Å²) in [7, 11) is 0. The highest BCUT2D eigenvalue weighted by Gasteiger charge is 2.24. The molecule has 1 N–H and O–H groups in total. The van der Waals surface area contributed by atoms with E-state index < -0.39 is 0 Å². The molecule has 0 spiro atoms. The minimum atomic E-state index is -0.384. The Bertz CT molecular complexity index is 876. The Morgan fingerprint density at radius 2 is 1.79 bits per heavy atom. The van der Waals surface area contributed by atoms with Gasteiger partial charge in [-0.1, -0.05) is 24.3 Å². The number of aryl methyl sites for hydroxylation is 1. The number of nitro groups is 1. The Balaban J connectivity index is 1.28. The first-order valence-corrected chi connectivity index (χ1v) is 10.2. The number of nitrogens with one attached hydrogen (secondary N) is 1. The predicted molar refractivity (Wildman–Crippen MR) is 112 cm³/mol. The number of carbonyl (C=O) groups is 1. The molecule has 0 unspecified atom stereocenters. The van der Waals surface area contributed by atoms with Crippen LogP contribution in [0.25, 0.3) is 0 Å². The Hall–Kier alpha value is -2.93. The molecule has 1 heterocycles. The Morgan fingerprint density at radius 3 is 2.52 bits per heavy atom. The van der Waals surface area contributed by atoms with E-state index in [0.717, 1.165) is 51.1 Å². The number of carbonyl (C=O) groups excluding carboxylic acids is 1. The molecular weight excluding hydrogens is 368 g/mol. The van der Waals surface area contributed by atoms with E-state index in [1.807, 2.05) is 6.07 Å². The summed E-state index contributed by atoms with van der Waals surface area (Å²) in [6.45, 7) is 3.61. The van der Waals surface area contributed by atoms with Crippen molar-refractivity contribution < 1.29 is 9.72 Å². The highest BCUT2D eigenvalue weighted by Crippen LogP contribution is 2.29. The minimum Gasteiger partial charge on any atom is -0.369 e. The molecule has 2 aromatic rings. The number of hydrogen-bond donors (Lipinski definition) is 1. The molecule has 1 aliphatic carbocycles. The normalized spacial score (nSPS) is 19.4. The van der Waals surface area contributed by atoms with Crippen molar-refractivity contribution in [2.24, 2.45) is 0 Å². The molecule has 1 atom stereocenters. The van der Waals surface area contributed by atoms with E-state index in [2.05, 4.69) is 33.3 Å². The second kappa shape index (κ2) is 8.61. The van der Waals surface area contributed by atoms with Gasteiger partial charge in [-0.2, -0.15) is 0 Å². The van der Waals surface area contributed by atoms with Crippen molar-refractivity contribution in [3.05, 3.63) is 69.8 Å². The lowest BCUT2D eigenvalue weighted by molar-refractivity contribution is -0.384. The summed E-state index contributed by atoms with van der Waals surface area (Å²) in [6.07, 6.45) is 3.19. The van der Waals surface area contributed by atoms with E-state index in [1.54, 1.807) is 12.1 Å². The van der Waals surface area contributed by atoms with Crippen LogP contribution in [0.1, 0.15) is 30.0 Å². The first-order chi connectivity index (χ1) is 14.1. The van der Waals surface area contributed by atoms with Crippen LogP contribution in [0.5, 0.6) is 0 Å². The van der Waals surface area contributed by atoms with E-state index in [0.29, 0.717) is 6.54 Å². The number of rotatable bonds is 5. The molecule has 0 aromatic heterocycles. The van der Waals surface area contributed by atoms with Gasteiger partial charge >= 0.3 is 0 Å². The summed E-state index contributed by atoms with van der Waals surface area (Å²) in [5, 5.41) is 14.0. The molecule has 29 heavy (non-hydrogen) atoms. The molecule has 2 aliphatic rings. The number of piperazine rings is 1. The van der Waals surface area contributed by atoms with Gasteiger partial charge in [0.25, 0.3) is 5.69 Å². The van der Waals surface area contributed by atoms with Crippen LogP contribution >= 0.6 is 0 Å². The maximum absolute atomic E-state index is 12.6. The number of benzene rings is 2. The smallest absolute Gasteiger partial charge is 0.269 e. The fourth-order valence-electron chi connectivity index (χ4n) is 4.30. The van der Waals surface area contributed by atoms with Crippen molar-refractivity contribution in [3.8, 4) is 0 Å². The number of hydrogen-bond acceptors (Lipinski definition) is 5. The molecule has 2 aromatic carbocycles. The van der Waals surface area contributed by atoms with Crippen molar-refractivity contribution >= 4 is 17.3 Å². The third-order valence-corrected chi connectivity index (χ3v) is 5.87. The minimum absolute atomic E-state index is 0.0792. The highest BCUT2D eigenvalue weighted by molar-refractivity contribution is 5.78. The van der Waals surface area contributed by atoms with Crippen molar-refractivity contribution in [1.82, 2.24) is 10.2 Å². The second-order valence-corrected chi connectivity index (χ2v) is 7.75. The van der Waals surface area contributed by atoms with Gasteiger partial charge in [-0.3, -0.25) is 19.8 Å². The number of fused-ring (bicyclic) bond motifs is 1. The maximum Gasteiger partial charge on any atom is 0.269 e. The molecule has 152 valence electrons. The lowest BCUT2D eigenvalue weighted by atomic mass is 9.88. The van der Waals surface area contributed by atoms with E-state index in [9.17, 15) is 14.9 Å². The van der Waals surface area contributed by atoms with Crippen molar-refractivity contribution in [3.63, 3.8) is 0 Å². The average molecular weight is 394 g/mol. The fraction of sp³-hybridized carbons (Fsp3) is 0.409. The molecular formula is C22H26N4O3. The van der Waals surface area contributed by atoms with Crippen molar-refractivity contribution in [2.45, 2.75) is 25.3 Å². The molecule has 1 aliphatic heterocycles. The van der Waals surface area contributed by atoms with Gasteiger partial charge in [0.15, 0.2) is 0 Å². The van der Waals surface area contributed by atoms with Crippen LogP contribution in [0.4, 0.5) is 11.4 Å². The van der Waals surface area contributed by atoms with Crippen LogP contribution < -0.4 is 10.2 Å². The lowest BCUT2D eigenvalue weighted by Gasteiger charge is -2.36. The van der Waals surface area contributed by atoms with Crippen LogP contribution in [0.2, 0.25) is 0 Å². The summed E-state index contributed by atoms with van der Waals surface area (Å²) >= 11 is 0. The van der Waals surface area contributed by atoms with Gasteiger partial charge in [0, 0.05) is 44.0 Å². The van der Waals surface area contributed by atoms with E-state index in [1.165, 1.54) is 23.3 Å².